The molecule has 0 aromatic heterocycles. The number of halogens is 1. The van der Waals surface area contributed by atoms with Gasteiger partial charge in [0.05, 0.1) is 22.0 Å². The van der Waals surface area contributed by atoms with E-state index in [0.717, 1.165) is 22.4 Å². The highest BCUT2D eigenvalue weighted by atomic mass is 32.2. The molecule has 1 aliphatic heterocycles. The third kappa shape index (κ3) is 4.62. The first kappa shape index (κ1) is 21.1. The highest BCUT2D eigenvalue weighted by Gasteiger charge is 2.34. The quantitative estimate of drug-likeness (QED) is 0.240. The normalized spacial score (nSPS) is 15.5. The number of benzene rings is 3. The number of thiocarbonyl (C=S) groups is 1. The van der Waals surface area contributed by atoms with Crippen molar-refractivity contribution in [2.75, 3.05) is 4.90 Å². The lowest BCUT2D eigenvalue weighted by Gasteiger charge is -2.17. The Labute approximate surface area is 189 Å². The van der Waals surface area contributed by atoms with Gasteiger partial charge in [-0.05, 0) is 73.0 Å². The van der Waals surface area contributed by atoms with E-state index in [-0.39, 0.29) is 11.7 Å². The molecule has 0 spiro atoms. The number of amides is 1. The van der Waals surface area contributed by atoms with E-state index in [1.807, 2.05) is 56.3 Å². The third-order valence-corrected chi connectivity index (χ3v) is 6.07. The molecule has 1 saturated heterocycles. The smallest absolute Gasteiger partial charge is 0.268 e. The Balaban J connectivity index is 1.58. The molecule has 4 rings (SSSR count). The fourth-order valence-corrected chi connectivity index (χ4v) is 4.41. The average Bonchev–Trinajstić information content (AvgIpc) is 3.02. The van der Waals surface area contributed by atoms with Crippen LogP contribution >= 0.6 is 24.0 Å². The molecule has 7 heteroatoms. The summed E-state index contributed by atoms with van der Waals surface area (Å²) in [6, 6.07) is 19.3. The second-order valence-electron chi connectivity index (χ2n) is 7.03. The number of hydrogen-bond donors (Lipinski definition) is 0. The summed E-state index contributed by atoms with van der Waals surface area (Å²) in [6.45, 7) is 3.89. The minimum atomic E-state index is -0.319. The van der Waals surface area contributed by atoms with Crippen LogP contribution in [0.25, 0.3) is 6.08 Å². The summed E-state index contributed by atoms with van der Waals surface area (Å²) in [5.41, 5.74) is 4.86. The van der Waals surface area contributed by atoms with Gasteiger partial charge in [-0.25, -0.2) is 4.39 Å². The molecule has 1 heterocycles. The van der Waals surface area contributed by atoms with Crippen LogP contribution in [-0.4, -0.2) is 10.2 Å². The van der Waals surface area contributed by atoms with E-state index >= 15 is 0 Å². The van der Waals surface area contributed by atoms with E-state index in [9.17, 15) is 9.18 Å². The maximum Gasteiger partial charge on any atom is 0.270 e. The summed E-state index contributed by atoms with van der Waals surface area (Å²) in [4.78, 5) is 15.0. The van der Waals surface area contributed by atoms with Gasteiger partial charge < -0.3 is 0 Å². The van der Waals surface area contributed by atoms with Crippen LogP contribution in [-0.2, 0) is 4.79 Å². The highest BCUT2D eigenvalue weighted by molar-refractivity contribution is 8.27. The molecule has 0 atom stereocenters. The third-order valence-electron chi connectivity index (χ3n) is 4.77. The first-order valence-corrected chi connectivity index (χ1v) is 10.8. The molecule has 0 unspecified atom stereocenters. The Kier molecular flexibility index (Phi) is 6.06. The van der Waals surface area contributed by atoms with Gasteiger partial charge in [0.1, 0.15) is 5.82 Å². The Hall–Kier alpha value is -3.16. The van der Waals surface area contributed by atoms with Crippen molar-refractivity contribution < 1.29 is 9.18 Å². The van der Waals surface area contributed by atoms with Crippen molar-refractivity contribution in [3.05, 3.63) is 94.1 Å². The van der Waals surface area contributed by atoms with Gasteiger partial charge in [-0.3, -0.25) is 9.69 Å². The molecule has 3 aromatic carbocycles. The summed E-state index contributed by atoms with van der Waals surface area (Å²) in [6.07, 6.45) is 1.72. The van der Waals surface area contributed by atoms with Crippen LogP contribution < -0.4 is 4.90 Å². The maximum atomic E-state index is 13.1. The van der Waals surface area contributed by atoms with Crippen LogP contribution in [0.3, 0.4) is 0 Å². The van der Waals surface area contributed by atoms with E-state index in [4.69, 9.17) is 12.2 Å². The average molecular weight is 448 g/mol. The van der Waals surface area contributed by atoms with Crippen LogP contribution in [0.4, 0.5) is 21.5 Å². The monoisotopic (exact) mass is 447 g/mol. The van der Waals surface area contributed by atoms with Crippen LogP contribution in [0.5, 0.6) is 0 Å². The summed E-state index contributed by atoms with van der Waals surface area (Å²) in [7, 11) is 0. The molecule has 0 bridgehead atoms. The summed E-state index contributed by atoms with van der Waals surface area (Å²) < 4.78 is 13.6. The summed E-state index contributed by atoms with van der Waals surface area (Å²) in [5.74, 6) is -0.517. The number of anilines is 1. The number of azo groups is 1. The number of carbonyl (C=O) groups excluding carboxylic acids is 1. The van der Waals surface area contributed by atoms with Gasteiger partial charge in [0.25, 0.3) is 5.91 Å². The molecule has 154 valence electrons. The minimum absolute atomic E-state index is 0.197. The van der Waals surface area contributed by atoms with Crippen LogP contribution in [0.1, 0.15) is 16.7 Å². The Morgan fingerprint density at radius 1 is 0.968 bits per heavy atom. The molecule has 1 amide bonds. The summed E-state index contributed by atoms with van der Waals surface area (Å²) in [5, 5.41) is 8.64. The topological polar surface area (TPSA) is 45.0 Å². The molecule has 0 aliphatic carbocycles. The first-order chi connectivity index (χ1) is 14.9. The van der Waals surface area contributed by atoms with Gasteiger partial charge in [-0.15, -0.1) is 0 Å². The van der Waals surface area contributed by atoms with Gasteiger partial charge >= 0.3 is 0 Å². The molecular formula is C24H18FN3OS2. The van der Waals surface area contributed by atoms with Crippen molar-refractivity contribution in [1.29, 1.82) is 0 Å². The molecule has 1 fully saturated rings. The number of nitrogens with zero attached hydrogens (tertiary/aromatic N) is 3. The molecule has 3 aromatic rings. The van der Waals surface area contributed by atoms with Crippen molar-refractivity contribution in [1.82, 2.24) is 0 Å². The highest BCUT2D eigenvalue weighted by Crippen LogP contribution is 2.38. The predicted octanol–water partition coefficient (Wildman–Crippen LogP) is 7.26. The molecule has 31 heavy (non-hydrogen) atoms. The van der Waals surface area contributed by atoms with Crippen molar-refractivity contribution in [2.24, 2.45) is 10.2 Å². The molecule has 0 saturated carbocycles. The number of rotatable bonds is 4. The molecule has 0 radical (unpaired) electrons. The zero-order chi connectivity index (χ0) is 22.0. The molecular weight excluding hydrogens is 429 g/mol. The number of thioether (sulfide) groups is 1. The molecule has 0 N–H and O–H groups in total. The van der Waals surface area contributed by atoms with Crippen molar-refractivity contribution in [2.45, 2.75) is 13.8 Å². The van der Waals surface area contributed by atoms with Crippen LogP contribution in [0, 0.1) is 19.7 Å². The summed E-state index contributed by atoms with van der Waals surface area (Å²) >= 11 is 6.69. The Bertz CT molecular complexity index is 1240. The van der Waals surface area contributed by atoms with Crippen molar-refractivity contribution >= 4 is 57.3 Å². The molecule has 4 nitrogen and oxygen atoms in total. The lowest BCUT2D eigenvalue weighted by molar-refractivity contribution is -0.113. The van der Waals surface area contributed by atoms with Gasteiger partial charge in [0, 0.05) is 0 Å². The van der Waals surface area contributed by atoms with E-state index in [1.165, 1.54) is 28.8 Å². The van der Waals surface area contributed by atoms with E-state index < -0.39 is 0 Å². The van der Waals surface area contributed by atoms with E-state index in [1.54, 1.807) is 18.2 Å². The lowest BCUT2D eigenvalue weighted by Crippen LogP contribution is -2.28. The van der Waals surface area contributed by atoms with E-state index in [2.05, 4.69) is 10.2 Å². The second kappa shape index (κ2) is 8.91. The maximum absolute atomic E-state index is 13.1. The SMILES string of the molecule is Cc1ccccc1N=Nc1ccc(N2C(=O)/C(=C/c3ccc(F)cc3)SC2=S)c(C)c1. The van der Waals surface area contributed by atoms with Gasteiger partial charge in [-0.1, -0.05) is 54.3 Å². The van der Waals surface area contributed by atoms with Crippen molar-refractivity contribution in [3.63, 3.8) is 0 Å². The molecule has 1 aliphatic rings. The second-order valence-corrected chi connectivity index (χ2v) is 8.70. The van der Waals surface area contributed by atoms with E-state index in [0.29, 0.717) is 20.6 Å². The largest absolute Gasteiger partial charge is 0.270 e. The van der Waals surface area contributed by atoms with Crippen LogP contribution in [0.2, 0.25) is 0 Å². The number of carbonyl (C=O) groups is 1. The van der Waals surface area contributed by atoms with Crippen molar-refractivity contribution in [3.8, 4) is 0 Å². The fourth-order valence-electron chi connectivity index (χ4n) is 3.13. The van der Waals surface area contributed by atoms with Gasteiger partial charge in [0.2, 0.25) is 0 Å². The Morgan fingerprint density at radius 2 is 1.71 bits per heavy atom. The Morgan fingerprint density at radius 3 is 2.42 bits per heavy atom. The van der Waals surface area contributed by atoms with Gasteiger partial charge in [0.15, 0.2) is 4.32 Å². The predicted molar refractivity (Wildman–Crippen MR) is 129 cm³/mol. The zero-order valence-electron chi connectivity index (χ0n) is 16.9. The zero-order valence-corrected chi connectivity index (χ0v) is 18.5. The first-order valence-electron chi connectivity index (χ1n) is 9.54. The number of hydrogen-bond acceptors (Lipinski definition) is 5. The fraction of sp³-hybridized carbons (Fsp3) is 0.0833. The number of aryl methyl sites for hydroxylation is 2. The minimum Gasteiger partial charge on any atom is -0.268 e. The lowest BCUT2D eigenvalue weighted by atomic mass is 10.1. The van der Waals surface area contributed by atoms with Crippen LogP contribution in [0.15, 0.2) is 81.9 Å². The van der Waals surface area contributed by atoms with Gasteiger partial charge in [-0.2, -0.15) is 10.2 Å². The standard InChI is InChI=1S/C24H18FN3OS2/c1-15-5-3-4-6-20(15)27-26-19-11-12-21(16(2)13-19)28-23(29)22(31-24(28)30)14-17-7-9-18(25)10-8-17/h3-14H,1-2H3/b22-14-,27-26?.